The smallest absolute Gasteiger partial charge is 0.245 e. The number of carbonyl (C=O) groups is 3. The van der Waals surface area contributed by atoms with Gasteiger partial charge in [-0.1, -0.05) is 13.8 Å². The minimum absolute atomic E-state index is 0.0354. The van der Waals surface area contributed by atoms with Gasteiger partial charge in [-0.25, -0.2) is 0 Å². The van der Waals surface area contributed by atoms with E-state index in [1.165, 1.54) is 9.80 Å². The predicted octanol–water partition coefficient (Wildman–Crippen LogP) is -0.308. The van der Waals surface area contributed by atoms with Gasteiger partial charge in [-0.15, -0.1) is 0 Å². The van der Waals surface area contributed by atoms with Crippen LogP contribution >= 0.6 is 0 Å². The standard InChI is InChI=1S/C12H23N3O3/c1-8(2)10(13-7-16)12(18)15(6)9(3)11(17)14(4)5/h7-10H,1-6H3,(H,13,16)/t9-,10-/m0/s1. The predicted molar refractivity (Wildman–Crippen MR) is 68.8 cm³/mol. The SMILES string of the molecule is CC(C)[C@H](NC=O)C(=O)N(C)[C@@H](C)C(=O)N(C)C. The van der Waals surface area contributed by atoms with E-state index in [0.29, 0.717) is 6.41 Å². The second kappa shape index (κ2) is 6.98. The molecule has 0 bridgehead atoms. The second-order valence-corrected chi connectivity index (χ2v) is 4.86. The summed E-state index contributed by atoms with van der Waals surface area (Å²) in [5.74, 6) is -0.453. The summed E-state index contributed by atoms with van der Waals surface area (Å²) in [5, 5.41) is 2.49. The summed E-state index contributed by atoms with van der Waals surface area (Å²) in [5.41, 5.74) is 0. The van der Waals surface area contributed by atoms with Crippen LogP contribution < -0.4 is 5.32 Å². The van der Waals surface area contributed by atoms with Crippen molar-refractivity contribution in [3.05, 3.63) is 0 Å². The number of carbonyl (C=O) groups excluding carboxylic acids is 3. The van der Waals surface area contributed by atoms with Gasteiger partial charge < -0.3 is 15.1 Å². The van der Waals surface area contributed by atoms with Gasteiger partial charge in [0.1, 0.15) is 12.1 Å². The van der Waals surface area contributed by atoms with Gasteiger partial charge in [0.2, 0.25) is 18.2 Å². The minimum Gasteiger partial charge on any atom is -0.347 e. The molecule has 0 aromatic rings. The molecule has 0 aromatic carbocycles. The monoisotopic (exact) mass is 257 g/mol. The Morgan fingerprint density at radius 1 is 1.06 bits per heavy atom. The van der Waals surface area contributed by atoms with Crippen LogP contribution in [0.1, 0.15) is 20.8 Å². The lowest BCUT2D eigenvalue weighted by atomic mass is 10.0. The fourth-order valence-corrected chi connectivity index (χ4v) is 1.57. The number of likely N-dealkylation sites (N-methyl/N-ethyl adjacent to an activating group) is 2. The lowest BCUT2D eigenvalue weighted by Gasteiger charge is -2.30. The molecule has 2 atom stereocenters. The molecule has 1 N–H and O–H groups in total. The van der Waals surface area contributed by atoms with Crippen molar-refractivity contribution in [1.82, 2.24) is 15.1 Å². The minimum atomic E-state index is -0.607. The molecule has 0 aromatic heterocycles. The van der Waals surface area contributed by atoms with E-state index in [-0.39, 0.29) is 17.7 Å². The molecule has 0 unspecified atom stereocenters. The topological polar surface area (TPSA) is 69.7 Å². The molecular weight excluding hydrogens is 234 g/mol. The summed E-state index contributed by atoms with van der Waals surface area (Å²) in [4.78, 5) is 37.3. The summed E-state index contributed by atoms with van der Waals surface area (Å²) in [6, 6.07) is -1.16. The van der Waals surface area contributed by atoms with E-state index >= 15 is 0 Å². The van der Waals surface area contributed by atoms with E-state index in [1.54, 1.807) is 28.1 Å². The van der Waals surface area contributed by atoms with Gasteiger partial charge in [-0.3, -0.25) is 14.4 Å². The van der Waals surface area contributed by atoms with Crippen molar-refractivity contribution in [1.29, 1.82) is 0 Å². The van der Waals surface area contributed by atoms with E-state index in [4.69, 9.17) is 0 Å². The number of amides is 3. The van der Waals surface area contributed by atoms with Gasteiger partial charge in [0.05, 0.1) is 0 Å². The second-order valence-electron chi connectivity index (χ2n) is 4.86. The Kier molecular flexibility index (Phi) is 6.36. The number of hydrogen-bond acceptors (Lipinski definition) is 3. The fourth-order valence-electron chi connectivity index (χ4n) is 1.57. The van der Waals surface area contributed by atoms with E-state index < -0.39 is 12.1 Å². The maximum atomic E-state index is 12.2. The van der Waals surface area contributed by atoms with Crippen LogP contribution in [0.25, 0.3) is 0 Å². The number of nitrogens with zero attached hydrogens (tertiary/aromatic N) is 2. The van der Waals surface area contributed by atoms with Crippen molar-refractivity contribution in [3.63, 3.8) is 0 Å². The Morgan fingerprint density at radius 2 is 1.56 bits per heavy atom. The molecule has 0 aliphatic heterocycles. The first-order chi connectivity index (χ1) is 8.23. The van der Waals surface area contributed by atoms with E-state index in [1.807, 2.05) is 13.8 Å². The van der Waals surface area contributed by atoms with E-state index in [9.17, 15) is 14.4 Å². The molecule has 18 heavy (non-hydrogen) atoms. The Bertz CT molecular complexity index is 316. The number of nitrogens with one attached hydrogen (secondary N) is 1. The van der Waals surface area contributed by atoms with Crippen molar-refractivity contribution in [2.75, 3.05) is 21.1 Å². The zero-order valence-electron chi connectivity index (χ0n) is 11.9. The molecule has 0 aliphatic rings. The van der Waals surface area contributed by atoms with Crippen molar-refractivity contribution in [3.8, 4) is 0 Å². The van der Waals surface area contributed by atoms with Crippen molar-refractivity contribution in [2.24, 2.45) is 5.92 Å². The van der Waals surface area contributed by atoms with Crippen molar-refractivity contribution >= 4 is 18.2 Å². The van der Waals surface area contributed by atoms with Gasteiger partial charge in [0.25, 0.3) is 0 Å². The molecule has 0 aliphatic carbocycles. The molecule has 3 amide bonds. The van der Waals surface area contributed by atoms with Crippen LogP contribution in [0.5, 0.6) is 0 Å². The highest BCUT2D eigenvalue weighted by atomic mass is 16.2. The van der Waals surface area contributed by atoms with Crippen LogP contribution in [-0.4, -0.2) is 61.3 Å². The van der Waals surface area contributed by atoms with Crippen LogP contribution in [0.3, 0.4) is 0 Å². The molecule has 0 fully saturated rings. The molecule has 6 nitrogen and oxygen atoms in total. The zero-order valence-corrected chi connectivity index (χ0v) is 11.9. The average Bonchev–Trinajstić information content (AvgIpc) is 2.31. The van der Waals surface area contributed by atoms with Gasteiger partial charge >= 0.3 is 0 Å². The van der Waals surface area contributed by atoms with Crippen LogP contribution in [0.15, 0.2) is 0 Å². The van der Waals surface area contributed by atoms with Crippen LogP contribution in [0.4, 0.5) is 0 Å². The maximum Gasteiger partial charge on any atom is 0.245 e. The first kappa shape index (κ1) is 16.4. The zero-order chi connectivity index (χ0) is 14.5. The lowest BCUT2D eigenvalue weighted by Crippen LogP contribution is -2.53. The molecule has 0 saturated heterocycles. The van der Waals surface area contributed by atoms with Crippen LogP contribution in [0.2, 0.25) is 0 Å². The van der Waals surface area contributed by atoms with Crippen LogP contribution in [-0.2, 0) is 14.4 Å². The summed E-state index contributed by atoms with van der Waals surface area (Å²) >= 11 is 0. The first-order valence-corrected chi connectivity index (χ1v) is 5.91. The molecular formula is C12H23N3O3. The van der Waals surface area contributed by atoms with Gasteiger partial charge in [0, 0.05) is 21.1 Å². The maximum absolute atomic E-state index is 12.2. The molecule has 0 spiro atoms. The third-order valence-corrected chi connectivity index (χ3v) is 2.91. The van der Waals surface area contributed by atoms with E-state index in [2.05, 4.69) is 5.32 Å². The number of hydrogen-bond donors (Lipinski definition) is 1. The Morgan fingerprint density at radius 3 is 1.89 bits per heavy atom. The average molecular weight is 257 g/mol. The molecule has 0 rings (SSSR count). The Balaban J connectivity index is 4.85. The normalized spacial score (nSPS) is 13.7. The lowest BCUT2D eigenvalue weighted by molar-refractivity contribution is -0.144. The third-order valence-electron chi connectivity index (χ3n) is 2.91. The van der Waals surface area contributed by atoms with E-state index in [0.717, 1.165) is 0 Å². The Hall–Kier alpha value is -1.59. The molecule has 0 heterocycles. The van der Waals surface area contributed by atoms with Gasteiger partial charge in [-0.2, -0.15) is 0 Å². The first-order valence-electron chi connectivity index (χ1n) is 5.91. The summed E-state index contributed by atoms with van der Waals surface area (Å²) in [7, 11) is 4.85. The van der Waals surface area contributed by atoms with Crippen LogP contribution in [0, 0.1) is 5.92 Å². The summed E-state index contributed by atoms with van der Waals surface area (Å²) in [6.45, 7) is 5.34. The highest BCUT2D eigenvalue weighted by Crippen LogP contribution is 2.08. The van der Waals surface area contributed by atoms with Gasteiger partial charge in [0.15, 0.2) is 0 Å². The van der Waals surface area contributed by atoms with Gasteiger partial charge in [-0.05, 0) is 12.8 Å². The number of rotatable bonds is 6. The Labute approximate surface area is 108 Å². The fraction of sp³-hybridized carbons (Fsp3) is 0.750. The largest absolute Gasteiger partial charge is 0.347 e. The highest BCUT2D eigenvalue weighted by molar-refractivity contribution is 5.90. The third kappa shape index (κ3) is 4.01. The van der Waals surface area contributed by atoms with Crippen molar-refractivity contribution in [2.45, 2.75) is 32.9 Å². The molecule has 0 saturated carbocycles. The quantitative estimate of drug-likeness (QED) is 0.664. The summed E-state index contributed by atoms with van der Waals surface area (Å²) < 4.78 is 0. The van der Waals surface area contributed by atoms with Crippen molar-refractivity contribution < 1.29 is 14.4 Å². The molecule has 0 radical (unpaired) electrons. The molecule has 6 heteroatoms. The highest BCUT2D eigenvalue weighted by Gasteiger charge is 2.30. The molecule has 104 valence electrons. The summed E-state index contributed by atoms with van der Waals surface area (Å²) in [6.07, 6.45) is 0.509.